The quantitative estimate of drug-likeness (QED) is 0.525. The van der Waals surface area contributed by atoms with Crippen LogP contribution in [0.1, 0.15) is 105 Å². The number of epoxide rings is 1. The van der Waals surface area contributed by atoms with E-state index in [1.165, 1.54) is 57.8 Å². The van der Waals surface area contributed by atoms with E-state index in [-0.39, 0.29) is 11.7 Å². The predicted octanol–water partition coefficient (Wildman–Crippen LogP) is 6.60. The largest absolute Gasteiger partial charge is 0.393 e. The van der Waals surface area contributed by atoms with Crippen LogP contribution in [0.15, 0.2) is 0 Å². The summed E-state index contributed by atoms with van der Waals surface area (Å²) in [5, 5.41) is 10.4. The summed E-state index contributed by atoms with van der Waals surface area (Å²) < 4.78 is 6.51. The molecule has 5 rings (SSSR count). The Morgan fingerprint density at radius 3 is 2.52 bits per heavy atom. The molecule has 0 aromatic heterocycles. The summed E-state index contributed by atoms with van der Waals surface area (Å²) in [6.45, 7) is 12.6. The van der Waals surface area contributed by atoms with Crippen LogP contribution in [0.25, 0.3) is 0 Å². The van der Waals surface area contributed by atoms with Crippen molar-refractivity contribution in [3.8, 4) is 0 Å². The molecule has 1 aliphatic heterocycles. The molecule has 4 aliphatic carbocycles. The molecule has 0 radical (unpaired) electrons. The van der Waals surface area contributed by atoms with Gasteiger partial charge in [-0.2, -0.15) is 0 Å². The van der Waals surface area contributed by atoms with Crippen molar-refractivity contribution in [2.75, 3.05) is 0 Å². The number of ether oxygens (including phenoxy) is 1. The van der Waals surface area contributed by atoms with Crippen LogP contribution in [0, 0.1) is 46.3 Å². The van der Waals surface area contributed by atoms with E-state index >= 15 is 0 Å². The summed E-state index contributed by atoms with van der Waals surface area (Å²) in [5.41, 5.74) is 0.932. The lowest BCUT2D eigenvalue weighted by molar-refractivity contribution is -0.116. The van der Waals surface area contributed by atoms with E-state index in [4.69, 9.17) is 4.74 Å². The molecule has 1 heterocycles. The summed E-state index contributed by atoms with van der Waals surface area (Å²) in [6.07, 6.45) is 14.8. The lowest BCUT2D eigenvalue weighted by Gasteiger charge is -2.59. The first-order valence-electron chi connectivity index (χ1n) is 13.1. The molecule has 5 aliphatic rings. The van der Waals surface area contributed by atoms with E-state index in [0.29, 0.717) is 16.9 Å². The van der Waals surface area contributed by atoms with Gasteiger partial charge in [0.15, 0.2) is 0 Å². The monoisotopic (exact) mass is 402 g/mol. The second-order valence-corrected chi connectivity index (χ2v) is 13.0. The van der Waals surface area contributed by atoms with Crippen molar-refractivity contribution in [2.24, 2.45) is 46.3 Å². The van der Waals surface area contributed by atoms with Crippen LogP contribution in [-0.2, 0) is 4.74 Å². The van der Waals surface area contributed by atoms with Gasteiger partial charge in [0.25, 0.3) is 0 Å². The van der Waals surface area contributed by atoms with Gasteiger partial charge in [-0.15, -0.1) is 0 Å². The smallest absolute Gasteiger partial charge is 0.103 e. The lowest BCUT2D eigenvalue weighted by Crippen LogP contribution is -2.58. The number of fused-ring (bicyclic) bond motifs is 4. The summed E-state index contributed by atoms with van der Waals surface area (Å²) >= 11 is 0. The van der Waals surface area contributed by atoms with Crippen molar-refractivity contribution in [1.29, 1.82) is 0 Å². The maximum atomic E-state index is 10.4. The maximum absolute atomic E-state index is 10.4. The van der Waals surface area contributed by atoms with Crippen LogP contribution >= 0.6 is 0 Å². The highest BCUT2D eigenvalue weighted by Crippen LogP contribution is 2.74. The molecule has 4 saturated carbocycles. The summed E-state index contributed by atoms with van der Waals surface area (Å²) in [6, 6.07) is 0. The van der Waals surface area contributed by atoms with Crippen LogP contribution in [0.3, 0.4) is 0 Å². The molecular weight excluding hydrogens is 356 g/mol. The van der Waals surface area contributed by atoms with Crippen molar-refractivity contribution in [3.05, 3.63) is 0 Å². The molecule has 0 aromatic rings. The van der Waals surface area contributed by atoms with Crippen molar-refractivity contribution < 1.29 is 9.84 Å². The molecule has 2 nitrogen and oxygen atoms in total. The highest BCUT2D eigenvalue weighted by atomic mass is 16.6. The Balaban J connectivity index is 1.33. The first-order chi connectivity index (χ1) is 13.7. The number of hydrogen-bond donors (Lipinski definition) is 1. The number of aliphatic hydroxyl groups is 1. The zero-order chi connectivity index (χ0) is 20.6. The van der Waals surface area contributed by atoms with E-state index in [0.717, 1.165) is 48.3 Å². The molecule has 1 spiro atoms. The van der Waals surface area contributed by atoms with E-state index < -0.39 is 0 Å². The van der Waals surface area contributed by atoms with Crippen molar-refractivity contribution >= 4 is 0 Å². The predicted molar refractivity (Wildman–Crippen MR) is 119 cm³/mol. The zero-order valence-corrected chi connectivity index (χ0v) is 19.8. The van der Waals surface area contributed by atoms with Gasteiger partial charge >= 0.3 is 0 Å². The average molecular weight is 403 g/mol. The average Bonchev–Trinajstić information content (AvgIpc) is 3.22. The summed E-state index contributed by atoms with van der Waals surface area (Å²) in [5.74, 6) is 5.31. The van der Waals surface area contributed by atoms with Crippen LogP contribution in [-0.4, -0.2) is 22.9 Å². The lowest BCUT2D eigenvalue weighted by atomic mass is 9.44. The topological polar surface area (TPSA) is 32.8 Å². The maximum Gasteiger partial charge on any atom is 0.103 e. The van der Waals surface area contributed by atoms with Crippen molar-refractivity contribution in [2.45, 2.75) is 123 Å². The third-order valence-electron chi connectivity index (χ3n) is 11.3. The Morgan fingerprint density at radius 1 is 0.966 bits per heavy atom. The minimum Gasteiger partial charge on any atom is -0.393 e. The fraction of sp³-hybridized carbons (Fsp3) is 1.00. The van der Waals surface area contributed by atoms with Gasteiger partial charge < -0.3 is 9.84 Å². The molecule has 0 amide bonds. The third-order valence-corrected chi connectivity index (χ3v) is 11.3. The van der Waals surface area contributed by atoms with Gasteiger partial charge in [-0.1, -0.05) is 53.9 Å². The molecular formula is C27H46O2. The molecule has 166 valence electrons. The minimum atomic E-state index is -0.124. The summed E-state index contributed by atoms with van der Waals surface area (Å²) in [7, 11) is 0. The Labute approximate surface area is 179 Å². The highest BCUT2D eigenvalue weighted by Gasteiger charge is 2.76. The van der Waals surface area contributed by atoms with E-state index in [1.54, 1.807) is 0 Å². The van der Waals surface area contributed by atoms with E-state index in [2.05, 4.69) is 34.6 Å². The van der Waals surface area contributed by atoms with Crippen LogP contribution in [0.4, 0.5) is 0 Å². The fourth-order valence-corrected chi connectivity index (χ4v) is 9.68. The van der Waals surface area contributed by atoms with Gasteiger partial charge in [0, 0.05) is 11.8 Å². The SMILES string of the molecule is CC(C)CCC[C@H](C)[C@@H]1CC[C@@H]2[C@@H]3C[C@@H]4O[C@@]45C[C@H](O)CC[C@]5(C)[C@H]3CC[C@@]21C. The van der Waals surface area contributed by atoms with Gasteiger partial charge in [-0.25, -0.2) is 0 Å². The Hall–Kier alpha value is -0.0800. The van der Waals surface area contributed by atoms with Crippen LogP contribution in [0.2, 0.25) is 0 Å². The molecule has 0 bridgehead atoms. The Morgan fingerprint density at radius 2 is 1.76 bits per heavy atom. The molecule has 29 heavy (non-hydrogen) atoms. The first kappa shape index (κ1) is 20.8. The number of hydrogen-bond acceptors (Lipinski definition) is 2. The number of aliphatic hydroxyl groups excluding tert-OH is 1. The third kappa shape index (κ3) is 2.94. The van der Waals surface area contributed by atoms with Crippen LogP contribution < -0.4 is 0 Å². The first-order valence-corrected chi connectivity index (χ1v) is 13.1. The molecule has 1 saturated heterocycles. The summed E-state index contributed by atoms with van der Waals surface area (Å²) in [4.78, 5) is 0. The van der Waals surface area contributed by atoms with Gasteiger partial charge in [-0.3, -0.25) is 0 Å². The molecule has 10 atom stereocenters. The molecule has 0 unspecified atom stereocenters. The molecule has 2 heteroatoms. The minimum absolute atomic E-state index is 0.0434. The standard InChI is InChI=1S/C27H46O2/c1-17(2)7-6-8-18(3)21-9-10-22-20-15-24-27(29-24)16-19(28)11-14-26(27,5)23(20)12-13-25(21,22)4/h17-24,28H,6-16H2,1-5H3/t18-,19+,20-,21-,22+,23-,24-,25+,26+,27-/m0/s1. The molecule has 0 aromatic carbocycles. The normalized spacial score (nSPS) is 54.3. The van der Waals surface area contributed by atoms with Gasteiger partial charge in [-0.05, 0) is 85.9 Å². The molecule has 1 N–H and O–H groups in total. The van der Waals surface area contributed by atoms with Crippen molar-refractivity contribution in [1.82, 2.24) is 0 Å². The highest BCUT2D eigenvalue weighted by molar-refractivity contribution is 5.24. The van der Waals surface area contributed by atoms with Crippen molar-refractivity contribution in [3.63, 3.8) is 0 Å². The van der Waals surface area contributed by atoms with Gasteiger partial charge in [0.05, 0.1) is 12.2 Å². The second kappa shape index (κ2) is 6.96. The Bertz CT molecular complexity index is 630. The van der Waals surface area contributed by atoms with Gasteiger partial charge in [0.2, 0.25) is 0 Å². The van der Waals surface area contributed by atoms with Gasteiger partial charge in [0.1, 0.15) is 5.60 Å². The van der Waals surface area contributed by atoms with Crippen LogP contribution in [0.5, 0.6) is 0 Å². The van der Waals surface area contributed by atoms with E-state index in [1.807, 2.05) is 0 Å². The fourth-order valence-electron chi connectivity index (χ4n) is 9.68. The molecule has 5 fully saturated rings. The van der Waals surface area contributed by atoms with E-state index in [9.17, 15) is 5.11 Å². The number of rotatable bonds is 5. The zero-order valence-electron chi connectivity index (χ0n) is 19.8. The Kier molecular flexibility index (Phi) is 4.99. The second-order valence-electron chi connectivity index (χ2n) is 13.0.